The molecule has 0 saturated heterocycles. The minimum absolute atomic E-state index is 0.0988. The van der Waals surface area contributed by atoms with Gasteiger partial charge in [-0.25, -0.2) is 8.78 Å². The zero-order valence-electron chi connectivity index (χ0n) is 9.34. The first-order valence-electron chi connectivity index (χ1n) is 4.57. The second-order valence-electron chi connectivity index (χ2n) is 4.69. The van der Waals surface area contributed by atoms with Crippen molar-refractivity contribution in [3.8, 4) is 0 Å². The molecule has 0 aliphatic rings. The summed E-state index contributed by atoms with van der Waals surface area (Å²) >= 11 is 0. The molecule has 0 aliphatic heterocycles. The van der Waals surface area contributed by atoms with Gasteiger partial charge in [-0.05, 0) is 27.7 Å². The van der Waals surface area contributed by atoms with E-state index in [9.17, 15) is 18.4 Å². The van der Waals surface area contributed by atoms with E-state index in [1.165, 1.54) is 0 Å². The van der Waals surface area contributed by atoms with Crippen LogP contribution in [0.25, 0.3) is 0 Å². The molecule has 1 atom stereocenters. The standard InChI is InChI=1S/C10H16F2O3/c1-9(2,3)15-7(14)5-10(4,6-13)8(11)12/h6,8H,5H2,1-4H3. The zero-order valence-corrected chi connectivity index (χ0v) is 9.34. The molecule has 0 heterocycles. The van der Waals surface area contributed by atoms with Crippen LogP contribution in [0.2, 0.25) is 0 Å². The summed E-state index contributed by atoms with van der Waals surface area (Å²) in [6, 6.07) is 0. The third-order valence-electron chi connectivity index (χ3n) is 1.71. The van der Waals surface area contributed by atoms with E-state index in [0.29, 0.717) is 0 Å². The van der Waals surface area contributed by atoms with Crippen molar-refractivity contribution < 1.29 is 23.1 Å². The molecule has 0 rings (SSSR count). The Morgan fingerprint density at radius 3 is 2.07 bits per heavy atom. The molecule has 0 saturated carbocycles. The van der Waals surface area contributed by atoms with Crippen LogP contribution in [-0.2, 0) is 14.3 Å². The van der Waals surface area contributed by atoms with Gasteiger partial charge in [-0.2, -0.15) is 0 Å². The van der Waals surface area contributed by atoms with E-state index in [1.807, 2.05) is 0 Å². The van der Waals surface area contributed by atoms with Gasteiger partial charge >= 0.3 is 5.97 Å². The Morgan fingerprint density at radius 1 is 1.33 bits per heavy atom. The average Bonchev–Trinajstić information content (AvgIpc) is 1.99. The lowest BCUT2D eigenvalue weighted by atomic mass is 9.89. The maximum absolute atomic E-state index is 12.4. The Labute approximate surface area is 87.8 Å². The number of carbonyl (C=O) groups excluding carboxylic acids is 2. The quantitative estimate of drug-likeness (QED) is 0.541. The van der Waals surface area contributed by atoms with E-state index in [0.717, 1.165) is 6.92 Å². The SMILES string of the molecule is CC(C)(C)OC(=O)CC(C)(C=O)C(F)F. The summed E-state index contributed by atoms with van der Waals surface area (Å²) in [5.41, 5.74) is -2.69. The van der Waals surface area contributed by atoms with E-state index in [1.54, 1.807) is 20.8 Å². The van der Waals surface area contributed by atoms with Crippen LogP contribution >= 0.6 is 0 Å². The fraction of sp³-hybridized carbons (Fsp3) is 0.800. The third-order valence-corrected chi connectivity index (χ3v) is 1.71. The molecule has 0 spiro atoms. The number of hydrogen-bond donors (Lipinski definition) is 0. The highest BCUT2D eigenvalue weighted by atomic mass is 19.3. The highest BCUT2D eigenvalue weighted by molar-refractivity contribution is 5.76. The summed E-state index contributed by atoms with van der Waals surface area (Å²) in [5, 5.41) is 0. The molecule has 0 N–H and O–H groups in total. The molecule has 0 aromatic heterocycles. The number of rotatable bonds is 4. The van der Waals surface area contributed by atoms with Gasteiger partial charge in [0.25, 0.3) is 6.43 Å². The van der Waals surface area contributed by atoms with Crippen molar-refractivity contribution in [2.24, 2.45) is 5.41 Å². The van der Waals surface area contributed by atoms with Gasteiger partial charge in [0, 0.05) is 0 Å². The summed E-state index contributed by atoms with van der Waals surface area (Å²) < 4.78 is 29.7. The lowest BCUT2D eigenvalue weighted by Crippen LogP contribution is -2.34. The van der Waals surface area contributed by atoms with Crippen LogP contribution < -0.4 is 0 Å². The number of ether oxygens (including phenoxy) is 1. The molecule has 88 valence electrons. The van der Waals surface area contributed by atoms with Crippen molar-refractivity contribution in [2.75, 3.05) is 0 Å². The smallest absolute Gasteiger partial charge is 0.307 e. The molecule has 0 fully saturated rings. The molecule has 15 heavy (non-hydrogen) atoms. The molecule has 0 aliphatic carbocycles. The summed E-state index contributed by atoms with van der Waals surface area (Å²) in [4.78, 5) is 21.7. The Balaban J connectivity index is 4.45. The number of hydrogen-bond acceptors (Lipinski definition) is 3. The first-order valence-corrected chi connectivity index (χ1v) is 4.57. The van der Waals surface area contributed by atoms with Gasteiger partial charge in [0.05, 0.1) is 11.8 Å². The molecular weight excluding hydrogens is 206 g/mol. The monoisotopic (exact) mass is 222 g/mol. The van der Waals surface area contributed by atoms with Crippen molar-refractivity contribution in [1.29, 1.82) is 0 Å². The number of carbonyl (C=O) groups is 2. The van der Waals surface area contributed by atoms with Gasteiger partial charge in [-0.3, -0.25) is 4.79 Å². The van der Waals surface area contributed by atoms with Crippen LogP contribution in [0.15, 0.2) is 0 Å². The molecule has 0 aromatic carbocycles. The summed E-state index contributed by atoms with van der Waals surface area (Å²) in [7, 11) is 0. The topological polar surface area (TPSA) is 43.4 Å². The van der Waals surface area contributed by atoms with Crippen LogP contribution in [0.3, 0.4) is 0 Å². The summed E-state index contributed by atoms with van der Waals surface area (Å²) in [6.45, 7) is 5.93. The zero-order chi connectivity index (χ0) is 12.3. The number of esters is 1. The molecule has 0 amide bonds. The molecule has 3 nitrogen and oxygen atoms in total. The van der Waals surface area contributed by atoms with E-state index >= 15 is 0 Å². The molecule has 0 bridgehead atoms. The van der Waals surface area contributed by atoms with Crippen molar-refractivity contribution in [1.82, 2.24) is 0 Å². The highest BCUT2D eigenvalue weighted by Crippen LogP contribution is 2.28. The number of halogens is 2. The molecule has 0 radical (unpaired) electrons. The lowest BCUT2D eigenvalue weighted by molar-refractivity contribution is -0.161. The van der Waals surface area contributed by atoms with E-state index in [4.69, 9.17) is 4.74 Å². The highest BCUT2D eigenvalue weighted by Gasteiger charge is 2.38. The first-order chi connectivity index (χ1) is 6.60. The molecular formula is C10H16F2O3. The lowest BCUT2D eigenvalue weighted by Gasteiger charge is -2.24. The van der Waals surface area contributed by atoms with Gasteiger partial charge in [0.2, 0.25) is 0 Å². The van der Waals surface area contributed by atoms with Gasteiger partial charge in [0.15, 0.2) is 0 Å². The normalized spacial score (nSPS) is 15.9. The average molecular weight is 222 g/mol. The Hall–Kier alpha value is -1.00. The van der Waals surface area contributed by atoms with Crippen molar-refractivity contribution in [3.05, 3.63) is 0 Å². The minimum Gasteiger partial charge on any atom is -0.460 e. The largest absolute Gasteiger partial charge is 0.460 e. The predicted molar refractivity (Wildman–Crippen MR) is 50.6 cm³/mol. The van der Waals surface area contributed by atoms with Crippen molar-refractivity contribution in [3.63, 3.8) is 0 Å². The maximum Gasteiger partial charge on any atom is 0.307 e. The van der Waals surface area contributed by atoms with Crippen LogP contribution in [0.4, 0.5) is 8.78 Å². The van der Waals surface area contributed by atoms with Crippen LogP contribution in [0.1, 0.15) is 34.1 Å². The summed E-state index contributed by atoms with van der Waals surface area (Å²) in [6.07, 6.45) is -3.38. The number of aldehydes is 1. The molecule has 1 unspecified atom stereocenters. The second kappa shape index (κ2) is 4.68. The maximum atomic E-state index is 12.4. The van der Waals surface area contributed by atoms with Crippen molar-refractivity contribution >= 4 is 12.3 Å². The Bertz CT molecular complexity index is 246. The van der Waals surface area contributed by atoms with Crippen LogP contribution in [0, 0.1) is 5.41 Å². The van der Waals surface area contributed by atoms with E-state index in [-0.39, 0.29) is 6.29 Å². The number of alkyl halides is 2. The van der Waals surface area contributed by atoms with Gasteiger partial charge in [0.1, 0.15) is 11.9 Å². The Morgan fingerprint density at radius 2 is 1.80 bits per heavy atom. The second-order valence-corrected chi connectivity index (χ2v) is 4.69. The molecule has 0 aromatic rings. The molecule has 5 heteroatoms. The van der Waals surface area contributed by atoms with Gasteiger partial charge in [-0.1, -0.05) is 0 Å². The van der Waals surface area contributed by atoms with E-state index in [2.05, 4.69) is 0 Å². The summed E-state index contributed by atoms with van der Waals surface area (Å²) in [5.74, 6) is -0.794. The van der Waals surface area contributed by atoms with Gasteiger partial charge < -0.3 is 9.53 Å². The predicted octanol–water partition coefficient (Wildman–Crippen LogP) is 2.19. The minimum atomic E-state index is -2.87. The van der Waals surface area contributed by atoms with Crippen LogP contribution in [-0.4, -0.2) is 24.3 Å². The van der Waals surface area contributed by atoms with Crippen LogP contribution in [0.5, 0.6) is 0 Å². The fourth-order valence-corrected chi connectivity index (χ4v) is 0.859. The van der Waals surface area contributed by atoms with Crippen molar-refractivity contribution in [2.45, 2.75) is 46.1 Å². The first kappa shape index (κ1) is 14.0. The van der Waals surface area contributed by atoms with E-state index < -0.39 is 29.8 Å². The fourth-order valence-electron chi connectivity index (χ4n) is 0.859. The Kier molecular flexibility index (Phi) is 4.37. The third kappa shape index (κ3) is 4.85. The van der Waals surface area contributed by atoms with Gasteiger partial charge in [-0.15, -0.1) is 0 Å².